The Balaban J connectivity index is 2.44. The number of hydrogen-bond acceptors (Lipinski definition) is 2. The molecule has 0 saturated heterocycles. The summed E-state index contributed by atoms with van der Waals surface area (Å²) in [7, 11) is 0. The molecule has 0 aromatic heterocycles. The molecular formula is C5H5NO2. The first-order valence-electron chi connectivity index (χ1n) is 2.46. The SMILES string of the molecule is O=C=NC(=O)C1CC1. The Morgan fingerprint density at radius 3 is 2.62 bits per heavy atom. The smallest absolute Gasteiger partial charge is 0.259 e. The van der Waals surface area contributed by atoms with E-state index in [1.807, 2.05) is 0 Å². The molecule has 42 valence electrons. The highest BCUT2D eigenvalue weighted by atomic mass is 16.2. The van der Waals surface area contributed by atoms with Crippen molar-refractivity contribution in [2.24, 2.45) is 10.9 Å². The number of amides is 1. The maximum Gasteiger partial charge on any atom is 0.259 e. The molecule has 3 heteroatoms. The lowest BCUT2D eigenvalue weighted by atomic mass is 10.4. The fourth-order valence-corrected chi connectivity index (χ4v) is 0.467. The van der Waals surface area contributed by atoms with E-state index in [1.54, 1.807) is 0 Å². The normalized spacial score (nSPS) is 17.0. The van der Waals surface area contributed by atoms with Gasteiger partial charge in [-0.15, -0.1) is 4.99 Å². The molecule has 1 fully saturated rings. The molecule has 8 heavy (non-hydrogen) atoms. The van der Waals surface area contributed by atoms with Gasteiger partial charge in [-0.1, -0.05) is 0 Å². The zero-order chi connectivity index (χ0) is 5.98. The highest BCUT2D eigenvalue weighted by Gasteiger charge is 2.29. The summed E-state index contributed by atoms with van der Waals surface area (Å²) < 4.78 is 0. The van der Waals surface area contributed by atoms with E-state index >= 15 is 0 Å². The molecule has 0 aromatic carbocycles. The molecule has 1 amide bonds. The maximum absolute atomic E-state index is 10.4. The predicted molar refractivity (Wildman–Crippen MR) is 25.9 cm³/mol. The predicted octanol–water partition coefficient (Wildman–Crippen LogP) is 0.259. The van der Waals surface area contributed by atoms with Gasteiger partial charge in [0.1, 0.15) is 0 Å². The second-order valence-corrected chi connectivity index (χ2v) is 1.82. The molecule has 0 radical (unpaired) electrons. The molecule has 0 aromatic rings. The Kier molecular flexibility index (Phi) is 1.22. The molecule has 0 spiro atoms. The topological polar surface area (TPSA) is 46.5 Å². The van der Waals surface area contributed by atoms with E-state index < -0.39 is 0 Å². The lowest BCUT2D eigenvalue weighted by Gasteiger charge is -1.76. The number of rotatable bonds is 1. The van der Waals surface area contributed by atoms with Gasteiger partial charge in [0.2, 0.25) is 6.08 Å². The molecule has 1 rings (SSSR count). The minimum atomic E-state index is -0.306. The van der Waals surface area contributed by atoms with Crippen molar-refractivity contribution < 1.29 is 9.59 Å². The molecule has 3 nitrogen and oxygen atoms in total. The van der Waals surface area contributed by atoms with Gasteiger partial charge < -0.3 is 0 Å². The standard InChI is InChI=1S/C5H5NO2/c7-3-6-5(8)4-1-2-4/h4H,1-2H2. The Labute approximate surface area is 46.4 Å². The molecule has 0 unspecified atom stereocenters. The van der Waals surface area contributed by atoms with Crippen molar-refractivity contribution in [3.63, 3.8) is 0 Å². The quantitative estimate of drug-likeness (QED) is 0.360. The number of isocyanates is 1. The Hall–Kier alpha value is -0.950. The Bertz CT molecular complexity index is 154. The minimum Gasteiger partial charge on any atom is -0.271 e. The molecule has 0 bridgehead atoms. The fraction of sp³-hybridized carbons (Fsp3) is 0.600. The zero-order valence-corrected chi connectivity index (χ0v) is 4.26. The van der Waals surface area contributed by atoms with Gasteiger partial charge in [-0.3, -0.25) is 4.79 Å². The van der Waals surface area contributed by atoms with E-state index in [2.05, 4.69) is 4.99 Å². The molecule has 1 saturated carbocycles. The number of hydrogen-bond donors (Lipinski definition) is 0. The molecule has 0 heterocycles. The number of carbonyl (C=O) groups excluding carboxylic acids is 2. The second kappa shape index (κ2) is 1.88. The monoisotopic (exact) mass is 111 g/mol. The fourth-order valence-electron chi connectivity index (χ4n) is 0.467. The van der Waals surface area contributed by atoms with Crippen LogP contribution in [0.2, 0.25) is 0 Å². The first kappa shape index (κ1) is 5.19. The Morgan fingerprint density at radius 1 is 1.62 bits per heavy atom. The summed E-state index contributed by atoms with van der Waals surface area (Å²) >= 11 is 0. The van der Waals surface area contributed by atoms with Gasteiger partial charge in [-0.2, -0.15) is 0 Å². The molecule has 1 aliphatic carbocycles. The van der Waals surface area contributed by atoms with Crippen molar-refractivity contribution in [2.45, 2.75) is 12.8 Å². The third-order valence-corrected chi connectivity index (χ3v) is 1.08. The van der Waals surface area contributed by atoms with E-state index in [-0.39, 0.29) is 11.8 Å². The first-order chi connectivity index (χ1) is 3.84. The summed E-state index contributed by atoms with van der Waals surface area (Å²) in [5.41, 5.74) is 0. The maximum atomic E-state index is 10.4. The Morgan fingerprint density at radius 2 is 2.25 bits per heavy atom. The van der Waals surface area contributed by atoms with Gasteiger partial charge in [0.15, 0.2) is 0 Å². The average molecular weight is 111 g/mol. The van der Waals surface area contributed by atoms with E-state index in [0.29, 0.717) is 0 Å². The van der Waals surface area contributed by atoms with Gasteiger partial charge in [0, 0.05) is 5.92 Å². The van der Waals surface area contributed by atoms with Crippen LogP contribution < -0.4 is 0 Å². The number of carbonyl (C=O) groups is 1. The lowest BCUT2D eigenvalue weighted by Crippen LogP contribution is -1.92. The third-order valence-electron chi connectivity index (χ3n) is 1.08. The molecular weight excluding hydrogens is 106 g/mol. The summed E-state index contributed by atoms with van der Waals surface area (Å²) in [5, 5.41) is 0. The van der Waals surface area contributed by atoms with E-state index in [1.165, 1.54) is 6.08 Å². The van der Waals surface area contributed by atoms with Crippen LogP contribution in [0, 0.1) is 5.92 Å². The van der Waals surface area contributed by atoms with E-state index in [4.69, 9.17) is 0 Å². The van der Waals surface area contributed by atoms with E-state index in [0.717, 1.165) is 12.8 Å². The van der Waals surface area contributed by atoms with Gasteiger partial charge in [-0.25, -0.2) is 4.79 Å². The van der Waals surface area contributed by atoms with Crippen LogP contribution in [0.4, 0.5) is 0 Å². The van der Waals surface area contributed by atoms with Gasteiger partial charge in [-0.05, 0) is 12.8 Å². The second-order valence-electron chi connectivity index (χ2n) is 1.82. The molecule has 0 aliphatic heterocycles. The van der Waals surface area contributed by atoms with Crippen LogP contribution in [0.3, 0.4) is 0 Å². The first-order valence-corrected chi connectivity index (χ1v) is 2.46. The van der Waals surface area contributed by atoms with Crippen LogP contribution in [0.15, 0.2) is 4.99 Å². The van der Waals surface area contributed by atoms with Crippen LogP contribution in [0.25, 0.3) is 0 Å². The molecule has 1 aliphatic rings. The van der Waals surface area contributed by atoms with Crippen LogP contribution in [-0.4, -0.2) is 12.0 Å². The van der Waals surface area contributed by atoms with Crippen molar-refractivity contribution in [2.75, 3.05) is 0 Å². The van der Waals surface area contributed by atoms with E-state index in [9.17, 15) is 9.59 Å². The summed E-state index contributed by atoms with van der Waals surface area (Å²) in [6.07, 6.45) is 3.00. The molecule has 0 atom stereocenters. The van der Waals surface area contributed by atoms with Crippen molar-refractivity contribution in [3.8, 4) is 0 Å². The van der Waals surface area contributed by atoms with Crippen LogP contribution in [-0.2, 0) is 9.59 Å². The highest BCUT2D eigenvalue weighted by molar-refractivity contribution is 5.85. The third kappa shape index (κ3) is 1.01. The van der Waals surface area contributed by atoms with Crippen LogP contribution >= 0.6 is 0 Å². The largest absolute Gasteiger partial charge is 0.271 e. The van der Waals surface area contributed by atoms with Crippen LogP contribution in [0.5, 0.6) is 0 Å². The minimum absolute atomic E-state index is 0.0523. The lowest BCUT2D eigenvalue weighted by molar-refractivity contribution is -0.118. The summed E-state index contributed by atoms with van der Waals surface area (Å²) in [4.78, 5) is 22.8. The van der Waals surface area contributed by atoms with Gasteiger partial charge in [0.05, 0.1) is 0 Å². The van der Waals surface area contributed by atoms with Crippen molar-refractivity contribution >= 4 is 12.0 Å². The van der Waals surface area contributed by atoms with Gasteiger partial charge >= 0.3 is 0 Å². The average Bonchev–Trinajstić information content (AvgIpc) is 2.45. The summed E-state index contributed by atoms with van der Waals surface area (Å²) in [6.45, 7) is 0. The number of nitrogens with zero attached hydrogens (tertiary/aromatic N) is 1. The number of aliphatic imine (C=N–C) groups is 1. The van der Waals surface area contributed by atoms with Crippen molar-refractivity contribution in [1.29, 1.82) is 0 Å². The van der Waals surface area contributed by atoms with Crippen molar-refractivity contribution in [3.05, 3.63) is 0 Å². The van der Waals surface area contributed by atoms with Crippen LogP contribution in [0.1, 0.15) is 12.8 Å². The summed E-state index contributed by atoms with van der Waals surface area (Å²) in [6, 6.07) is 0. The summed E-state index contributed by atoms with van der Waals surface area (Å²) in [5.74, 6) is -0.253. The van der Waals surface area contributed by atoms with Gasteiger partial charge in [0.25, 0.3) is 5.91 Å². The molecule has 0 N–H and O–H groups in total. The highest BCUT2D eigenvalue weighted by Crippen LogP contribution is 2.29. The zero-order valence-electron chi connectivity index (χ0n) is 4.26. The van der Waals surface area contributed by atoms with Crippen molar-refractivity contribution in [1.82, 2.24) is 0 Å².